The van der Waals surface area contributed by atoms with E-state index in [-0.39, 0.29) is 11.7 Å². The highest BCUT2D eigenvalue weighted by atomic mass is 19.1. The van der Waals surface area contributed by atoms with Gasteiger partial charge in [0, 0.05) is 24.8 Å². The maximum atomic E-state index is 13.0. The van der Waals surface area contributed by atoms with Crippen molar-refractivity contribution in [1.29, 1.82) is 0 Å². The fourth-order valence-corrected chi connectivity index (χ4v) is 3.70. The molecular formula is C21H22FN5O. The van der Waals surface area contributed by atoms with Gasteiger partial charge in [-0.05, 0) is 61.4 Å². The number of carbonyl (C=O) groups excluding carboxylic acids is 1. The van der Waals surface area contributed by atoms with Gasteiger partial charge in [0.25, 0.3) is 5.91 Å². The molecule has 1 aliphatic rings. The number of aryl methyl sites for hydroxylation is 1. The van der Waals surface area contributed by atoms with Crippen LogP contribution < -0.4 is 0 Å². The van der Waals surface area contributed by atoms with E-state index < -0.39 is 0 Å². The summed E-state index contributed by atoms with van der Waals surface area (Å²) in [5, 5.41) is 7.56. The van der Waals surface area contributed by atoms with Crippen molar-refractivity contribution in [3.05, 3.63) is 72.2 Å². The van der Waals surface area contributed by atoms with Gasteiger partial charge in [-0.15, -0.1) is 10.2 Å². The summed E-state index contributed by atoms with van der Waals surface area (Å²) >= 11 is 0. The Balaban J connectivity index is 1.39. The normalized spacial score (nSPS) is 16.9. The minimum Gasteiger partial charge on any atom is -0.338 e. The lowest BCUT2D eigenvalue weighted by Crippen LogP contribution is -2.40. The number of nitrogens with zero attached hydrogens (tertiary/aromatic N) is 5. The van der Waals surface area contributed by atoms with Crippen LogP contribution in [-0.2, 0) is 6.42 Å². The maximum Gasteiger partial charge on any atom is 0.254 e. The smallest absolute Gasteiger partial charge is 0.254 e. The van der Waals surface area contributed by atoms with Gasteiger partial charge in [-0.25, -0.2) is 9.37 Å². The van der Waals surface area contributed by atoms with Crippen LogP contribution in [0.15, 0.2) is 55.2 Å². The monoisotopic (exact) mass is 379 g/mol. The van der Waals surface area contributed by atoms with Gasteiger partial charge in [-0.3, -0.25) is 9.36 Å². The van der Waals surface area contributed by atoms with E-state index in [9.17, 15) is 9.18 Å². The van der Waals surface area contributed by atoms with Crippen molar-refractivity contribution >= 4 is 5.91 Å². The van der Waals surface area contributed by atoms with Gasteiger partial charge < -0.3 is 4.90 Å². The summed E-state index contributed by atoms with van der Waals surface area (Å²) < 4.78 is 14.7. The molecular weight excluding hydrogens is 357 g/mol. The van der Waals surface area contributed by atoms with Crippen LogP contribution >= 0.6 is 0 Å². The SMILES string of the molecule is O=C(c1ccnc(-n2cnnc2)c1)N1CCC[C@@H](CCc2ccc(F)cc2)C1. The molecule has 0 saturated carbocycles. The Kier molecular flexibility index (Phi) is 5.41. The number of amides is 1. The van der Waals surface area contributed by atoms with Crippen LogP contribution in [0, 0.1) is 11.7 Å². The summed E-state index contributed by atoms with van der Waals surface area (Å²) in [7, 11) is 0. The molecule has 28 heavy (non-hydrogen) atoms. The van der Waals surface area contributed by atoms with Crippen LogP contribution in [0.3, 0.4) is 0 Å². The molecule has 0 aliphatic carbocycles. The number of aromatic nitrogens is 4. The second-order valence-electron chi connectivity index (χ2n) is 7.20. The van der Waals surface area contributed by atoms with E-state index in [1.165, 1.54) is 12.1 Å². The van der Waals surface area contributed by atoms with Crippen molar-refractivity contribution in [2.75, 3.05) is 13.1 Å². The zero-order valence-electron chi connectivity index (χ0n) is 15.5. The minimum atomic E-state index is -0.207. The van der Waals surface area contributed by atoms with Crippen LogP contribution in [0.25, 0.3) is 5.82 Å². The first-order valence-electron chi connectivity index (χ1n) is 9.54. The Morgan fingerprint density at radius 2 is 1.93 bits per heavy atom. The number of carbonyl (C=O) groups is 1. The van der Waals surface area contributed by atoms with Gasteiger partial charge in [-0.1, -0.05) is 12.1 Å². The van der Waals surface area contributed by atoms with E-state index in [1.807, 2.05) is 17.0 Å². The third-order valence-corrected chi connectivity index (χ3v) is 5.24. The van der Waals surface area contributed by atoms with E-state index in [4.69, 9.17) is 0 Å². The molecule has 144 valence electrons. The van der Waals surface area contributed by atoms with Gasteiger partial charge in [-0.2, -0.15) is 0 Å². The largest absolute Gasteiger partial charge is 0.338 e. The van der Waals surface area contributed by atoms with E-state index in [2.05, 4.69) is 15.2 Å². The Morgan fingerprint density at radius 1 is 1.14 bits per heavy atom. The summed E-state index contributed by atoms with van der Waals surface area (Å²) in [6, 6.07) is 10.2. The number of rotatable bonds is 5. The third-order valence-electron chi connectivity index (χ3n) is 5.24. The second kappa shape index (κ2) is 8.29. The zero-order chi connectivity index (χ0) is 19.3. The Hall–Kier alpha value is -3.09. The lowest BCUT2D eigenvalue weighted by molar-refractivity contribution is 0.0668. The average molecular weight is 379 g/mol. The van der Waals surface area contributed by atoms with Crippen molar-refractivity contribution in [2.24, 2.45) is 5.92 Å². The molecule has 0 radical (unpaired) electrons. The Labute approximate surface area is 163 Å². The summed E-state index contributed by atoms with van der Waals surface area (Å²) in [4.78, 5) is 19.2. The molecule has 3 aromatic rings. The number of likely N-dealkylation sites (tertiary alicyclic amines) is 1. The fraction of sp³-hybridized carbons (Fsp3) is 0.333. The molecule has 1 fully saturated rings. The van der Waals surface area contributed by atoms with Crippen LogP contribution in [0.2, 0.25) is 0 Å². The van der Waals surface area contributed by atoms with E-state index in [0.29, 0.717) is 17.3 Å². The zero-order valence-corrected chi connectivity index (χ0v) is 15.5. The van der Waals surface area contributed by atoms with Crippen molar-refractivity contribution in [3.8, 4) is 5.82 Å². The standard InChI is InChI=1S/C21H22FN5O/c22-19-7-5-16(6-8-19)3-4-17-2-1-11-26(13-17)21(28)18-9-10-23-20(12-18)27-14-24-25-15-27/h5-10,12,14-15,17H,1-4,11,13H2/t17-/m0/s1. The molecule has 1 atom stereocenters. The van der Waals surface area contributed by atoms with Gasteiger partial charge in [0.15, 0.2) is 0 Å². The number of benzene rings is 1. The Bertz CT molecular complexity index is 926. The summed E-state index contributed by atoms with van der Waals surface area (Å²) in [5.74, 6) is 0.909. The highest BCUT2D eigenvalue weighted by molar-refractivity contribution is 5.94. The van der Waals surface area contributed by atoms with E-state index in [1.54, 1.807) is 35.6 Å². The molecule has 0 bridgehead atoms. The van der Waals surface area contributed by atoms with Gasteiger partial charge in [0.1, 0.15) is 24.3 Å². The van der Waals surface area contributed by atoms with Crippen molar-refractivity contribution < 1.29 is 9.18 Å². The van der Waals surface area contributed by atoms with E-state index in [0.717, 1.165) is 44.3 Å². The molecule has 1 amide bonds. The molecule has 1 aromatic carbocycles. The minimum absolute atomic E-state index is 0.0307. The fourth-order valence-electron chi connectivity index (χ4n) is 3.70. The maximum absolute atomic E-state index is 13.0. The highest BCUT2D eigenvalue weighted by Gasteiger charge is 2.24. The molecule has 1 saturated heterocycles. The molecule has 0 N–H and O–H groups in total. The van der Waals surface area contributed by atoms with Gasteiger partial charge in [0.05, 0.1) is 0 Å². The molecule has 2 aromatic heterocycles. The highest BCUT2D eigenvalue weighted by Crippen LogP contribution is 2.23. The first-order valence-corrected chi connectivity index (χ1v) is 9.54. The van der Waals surface area contributed by atoms with Crippen molar-refractivity contribution in [3.63, 3.8) is 0 Å². The number of hydrogen-bond acceptors (Lipinski definition) is 4. The molecule has 1 aliphatic heterocycles. The van der Waals surface area contributed by atoms with Gasteiger partial charge >= 0.3 is 0 Å². The number of pyridine rings is 1. The second-order valence-corrected chi connectivity index (χ2v) is 7.20. The number of hydrogen-bond donors (Lipinski definition) is 0. The molecule has 4 rings (SSSR count). The topological polar surface area (TPSA) is 63.9 Å². The molecule has 0 unspecified atom stereocenters. The summed E-state index contributed by atoms with van der Waals surface area (Å²) in [6.07, 6.45) is 8.78. The predicted octanol–water partition coefficient (Wildman–Crippen LogP) is 3.29. The summed E-state index contributed by atoms with van der Waals surface area (Å²) in [5.41, 5.74) is 1.76. The number of halogens is 1. The van der Waals surface area contributed by atoms with Gasteiger partial charge in [0.2, 0.25) is 0 Å². The molecule has 3 heterocycles. The lowest BCUT2D eigenvalue weighted by Gasteiger charge is -2.33. The van der Waals surface area contributed by atoms with Crippen LogP contribution in [0.1, 0.15) is 35.2 Å². The van der Waals surface area contributed by atoms with Crippen LogP contribution in [0.4, 0.5) is 4.39 Å². The first-order chi connectivity index (χ1) is 13.7. The predicted molar refractivity (Wildman–Crippen MR) is 103 cm³/mol. The quantitative estimate of drug-likeness (QED) is 0.682. The first kappa shape index (κ1) is 18.3. The lowest BCUT2D eigenvalue weighted by atomic mass is 9.91. The molecule has 6 nitrogen and oxygen atoms in total. The average Bonchev–Trinajstić information content (AvgIpc) is 3.28. The van der Waals surface area contributed by atoms with Crippen molar-refractivity contribution in [1.82, 2.24) is 24.6 Å². The van der Waals surface area contributed by atoms with Crippen molar-refractivity contribution in [2.45, 2.75) is 25.7 Å². The van der Waals surface area contributed by atoms with Crippen LogP contribution in [0.5, 0.6) is 0 Å². The summed E-state index contributed by atoms with van der Waals surface area (Å²) in [6.45, 7) is 1.53. The molecule has 7 heteroatoms. The van der Waals surface area contributed by atoms with Crippen LogP contribution in [-0.4, -0.2) is 43.6 Å². The number of piperidine rings is 1. The Morgan fingerprint density at radius 3 is 2.71 bits per heavy atom. The third kappa shape index (κ3) is 4.24. The molecule has 0 spiro atoms. The van der Waals surface area contributed by atoms with E-state index >= 15 is 0 Å².